The van der Waals surface area contributed by atoms with Gasteiger partial charge in [0.2, 0.25) is 0 Å². The van der Waals surface area contributed by atoms with Crippen molar-refractivity contribution in [2.75, 3.05) is 6.54 Å². The summed E-state index contributed by atoms with van der Waals surface area (Å²) in [6, 6.07) is 6.50. The highest BCUT2D eigenvalue weighted by Gasteiger charge is 1.94. The molecule has 21 heavy (non-hydrogen) atoms. The molecule has 122 valence electrons. The van der Waals surface area contributed by atoms with Gasteiger partial charge in [-0.3, -0.25) is 0 Å². The van der Waals surface area contributed by atoms with Gasteiger partial charge in [0.15, 0.2) is 0 Å². The Morgan fingerprint density at radius 1 is 0.810 bits per heavy atom. The van der Waals surface area contributed by atoms with E-state index in [4.69, 9.17) is 11.5 Å². The maximum atomic E-state index is 12.5. The molecule has 2 nitrogen and oxygen atoms in total. The molecule has 0 amide bonds. The summed E-state index contributed by atoms with van der Waals surface area (Å²) in [6.45, 7) is 3.41. The van der Waals surface area contributed by atoms with Gasteiger partial charge < -0.3 is 11.5 Å². The van der Waals surface area contributed by atoms with Crippen molar-refractivity contribution in [3.8, 4) is 0 Å². The molecule has 0 saturated heterocycles. The summed E-state index contributed by atoms with van der Waals surface area (Å²) < 4.78 is 12.5. The summed E-state index contributed by atoms with van der Waals surface area (Å²) in [6.07, 6.45) is 12.5. The van der Waals surface area contributed by atoms with Crippen LogP contribution in [0.4, 0.5) is 4.39 Å². The van der Waals surface area contributed by atoms with Crippen LogP contribution in [0.5, 0.6) is 0 Å². The van der Waals surface area contributed by atoms with Crippen molar-refractivity contribution in [3.63, 3.8) is 0 Å². The molecule has 0 bridgehead atoms. The van der Waals surface area contributed by atoms with Crippen LogP contribution in [0.3, 0.4) is 0 Å². The van der Waals surface area contributed by atoms with Gasteiger partial charge in [-0.25, -0.2) is 4.39 Å². The summed E-state index contributed by atoms with van der Waals surface area (Å²) in [5.74, 6) is -0.222. The number of hydrogen-bond acceptors (Lipinski definition) is 2. The van der Waals surface area contributed by atoms with Crippen LogP contribution in [0.1, 0.15) is 70.3 Å². The minimum absolute atomic E-state index is 0.222. The van der Waals surface area contributed by atoms with E-state index < -0.39 is 0 Å². The summed E-state index contributed by atoms with van der Waals surface area (Å²) in [7, 11) is 0. The molecule has 1 aromatic rings. The average Bonchev–Trinajstić information content (AvgIpc) is 2.51. The zero-order chi connectivity index (χ0) is 15.8. The van der Waals surface area contributed by atoms with Gasteiger partial charge in [-0.15, -0.1) is 0 Å². The highest BCUT2D eigenvalue weighted by atomic mass is 19.1. The first-order valence-corrected chi connectivity index (χ1v) is 8.39. The molecule has 1 aromatic carbocycles. The van der Waals surface area contributed by atoms with E-state index in [-0.39, 0.29) is 12.4 Å². The largest absolute Gasteiger partial charge is 0.330 e. The lowest BCUT2D eigenvalue weighted by Gasteiger charge is -1.99. The minimum atomic E-state index is -0.222. The molecule has 0 aliphatic heterocycles. The first-order valence-electron chi connectivity index (χ1n) is 8.39. The maximum Gasteiger partial charge on any atom is 0.127 e. The number of unbranched alkanes of at least 4 members (excludes halogenated alkanes) is 8. The second kappa shape index (κ2) is 15.5. The van der Waals surface area contributed by atoms with E-state index >= 15 is 0 Å². The Morgan fingerprint density at radius 3 is 1.76 bits per heavy atom. The van der Waals surface area contributed by atoms with Crippen molar-refractivity contribution >= 4 is 0 Å². The van der Waals surface area contributed by atoms with Gasteiger partial charge in [-0.2, -0.15) is 0 Å². The number of hydrogen-bond donors (Lipinski definition) is 2. The number of benzene rings is 1. The Morgan fingerprint density at radius 2 is 1.33 bits per heavy atom. The second-order valence-corrected chi connectivity index (χ2v) is 5.41. The Hall–Kier alpha value is -0.930. The average molecular weight is 296 g/mol. The zero-order valence-electron chi connectivity index (χ0n) is 13.6. The first-order chi connectivity index (χ1) is 10.3. The Labute approximate surface area is 130 Å². The summed E-state index contributed by atoms with van der Waals surface area (Å²) in [5.41, 5.74) is 11.2. The lowest BCUT2D eigenvalue weighted by atomic mass is 10.1. The molecule has 0 heterocycles. The van der Waals surface area contributed by atoms with Crippen LogP contribution in [-0.4, -0.2) is 6.54 Å². The van der Waals surface area contributed by atoms with Crippen molar-refractivity contribution in [2.45, 2.75) is 71.3 Å². The molecule has 0 fully saturated rings. The Balaban J connectivity index is 0.000000394. The van der Waals surface area contributed by atoms with Gasteiger partial charge in [-0.1, -0.05) is 76.5 Å². The van der Waals surface area contributed by atoms with Crippen LogP contribution in [-0.2, 0) is 6.54 Å². The predicted molar refractivity (Wildman–Crippen MR) is 90.6 cm³/mol. The van der Waals surface area contributed by atoms with Gasteiger partial charge >= 0.3 is 0 Å². The summed E-state index contributed by atoms with van der Waals surface area (Å²) >= 11 is 0. The number of halogens is 1. The summed E-state index contributed by atoms with van der Waals surface area (Å²) in [4.78, 5) is 0. The van der Waals surface area contributed by atoms with Crippen molar-refractivity contribution in [2.24, 2.45) is 11.5 Å². The molecule has 0 aliphatic carbocycles. The van der Waals surface area contributed by atoms with Crippen LogP contribution in [0.25, 0.3) is 0 Å². The molecule has 0 radical (unpaired) electrons. The Kier molecular flexibility index (Phi) is 14.8. The summed E-state index contributed by atoms with van der Waals surface area (Å²) in [5, 5.41) is 0. The van der Waals surface area contributed by atoms with E-state index in [1.807, 2.05) is 0 Å². The first kappa shape index (κ1) is 20.1. The van der Waals surface area contributed by atoms with E-state index in [0.717, 1.165) is 6.54 Å². The molecule has 0 unspecified atom stereocenters. The Bertz CT molecular complexity index is 319. The smallest absolute Gasteiger partial charge is 0.127 e. The van der Waals surface area contributed by atoms with Crippen LogP contribution in [0, 0.1) is 5.82 Å². The molecule has 3 heteroatoms. The van der Waals surface area contributed by atoms with Crippen LogP contribution >= 0.6 is 0 Å². The standard InChI is InChI=1S/C11H25N.C7H8FN/c1-2-3-4-5-6-7-8-9-10-11-12;8-7-4-2-1-3-6(7)5-9/h2-12H2,1H3;1-4H,5,9H2. The highest BCUT2D eigenvalue weighted by molar-refractivity contribution is 5.16. The molecular weight excluding hydrogens is 263 g/mol. The monoisotopic (exact) mass is 296 g/mol. The topological polar surface area (TPSA) is 52.0 Å². The molecule has 1 rings (SSSR count). The minimum Gasteiger partial charge on any atom is -0.330 e. The molecule has 0 aromatic heterocycles. The fourth-order valence-electron chi connectivity index (χ4n) is 2.12. The van der Waals surface area contributed by atoms with Crippen molar-refractivity contribution in [3.05, 3.63) is 35.6 Å². The van der Waals surface area contributed by atoms with Crippen molar-refractivity contribution in [1.29, 1.82) is 0 Å². The zero-order valence-corrected chi connectivity index (χ0v) is 13.6. The van der Waals surface area contributed by atoms with Gasteiger partial charge in [0.1, 0.15) is 5.82 Å². The third-order valence-corrected chi connectivity index (χ3v) is 3.49. The van der Waals surface area contributed by atoms with E-state index in [0.29, 0.717) is 5.56 Å². The lowest BCUT2D eigenvalue weighted by Crippen LogP contribution is -1.98. The van der Waals surface area contributed by atoms with E-state index in [1.54, 1.807) is 18.2 Å². The van der Waals surface area contributed by atoms with Gasteiger partial charge in [0, 0.05) is 12.1 Å². The molecule has 4 N–H and O–H groups in total. The fraction of sp³-hybridized carbons (Fsp3) is 0.667. The van der Waals surface area contributed by atoms with E-state index in [1.165, 1.54) is 63.9 Å². The van der Waals surface area contributed by atoms with Crippen molar-refractivity contribution in [1.82, 2.24) is 0 Å². The molecule has 0 aliphatic rings. The molecule has 0 spiro atoms. The number of nitrogens with two attached hydrogens (primary N) is 2. The maximum absolute atomic E-state index is 12.5. The molecule has 0 saturated carbocycles. The third-order valence-electron chi connectivity index (χ3n) is 3.49. The SMILES string of the molecule is CCCCCCCCCCCN.NCc1ccccc1F. The van der Waals surface area contributed by atoms with Crippen LogP contribution in [0.2, 0.25) is 0 Å². The van der Waals surface area contributed by atoms with Crippen LogP contribution < -0.4 is 11.5 Å². The van der Waals surface area contributed by atoms with Gasteiger partial charge in [0.25, 0.3) is 0 Å². The van der Waals surface area contributed by atoms with E-state index in [2.05, 4.69) is 6.92 Å². The molecule has 0 atom stereocenters. The lowest BCUT2D eigenvalue weighted by molar-refractivity contribution is 0.567. The fourth-order valence-corrected chi connectivity index (χ4v) is 2.12. The molecular formula is C18H33FN2. The van der Waals surface area contributed by atoms with Crippen LogP contribution in [0.15, 0.2) is 24.3 Å². The van der Waals surface area contributed by atoms with Gasteiger partial charge in [-0.05, 0) is 19.0 Å². The van der Waals surface area contributed by atoms with E-state index in [9.17, 15) is 4.39 Å². The quantitative estimate of drug-likeness (QED) is 0.612. The second-order valence-electron chi connectivity index (χ2n) is 5.41. The third kappa shape index (κ3) is 12.5. The van der Waals surface area contributed by atoms with Crippen molar-refractivity contribution < 1.29 is 4.39 Å². The van der Waals surface area contributed by atoms with Gasteiger partial charge in [0.05, 0.1) is 0 Å². The number of rotatable bonds is 10. The predicted octanol–water partition coefficient (Wildman–Crippen LogP) is 4.76. The normalized spacial score (nSPS) is 10.1. The highest BCUT2D eigenvalue weighted by Crippen LogP contribution is 2.08.